The predicted molar refractivity (Wildman–Crippen MR) is 82.8 cm³/mol. The van der Waals surface area contributed by atoms with Gasteiger partial charge in [0.05, 0.1) is 19.9 Å². The van der Waals surface area contributed by atoms with Gasteiger partial charge in [-0.3, -0.25) is 4.68 Å². The van der Waals surface area contributed by atoms with E-state index in [2.05, 4.69) is 18.1 Å². The van der Waals surface area contributed by atoms with Crippen LogP contribution in [0.2, 0.25) is 0 Å². The van der Waals surface area contributed by atoms with Gasteiger partial charge in [-0.05, 0) is 30.7 Å². The highest BCUT2D eigenvalue weighted by molar-refractivity contribution is 5.42. The maximum Gasteiger partial charge on any atom is 0.123 e. The van der Waals surface area contributed by atoms with E-state index < -0.39 is 0 Å². The minimum Gasteiger partial charge on any atom is -0.497 e. The van der Waals surface area contributed by atoms with Crippen molar-refractivity contribution in [2.75, 3.05) is 14.2 Å². The Bertz CT molecular complexity index is 608. The molecule has 0 saturated carbocycles. The van der Waals surface area contributed by atoms with Crippen molar-refractivity contribution in [1.29, 1.82) is 0 Å². The van der Waals surface area contributed by atoms with Gasteiger partial charge >= 0.3 is 0 Å². The number of ether oxygens (including phenoxy) is 2. The number of nitrogens with two attached hydrogens (primary N) is 1. The van der Waals surface area contributed by atoms with Crippen molar-refractivity contribution in [2.24, 2.45) is 12.8 Å². The van der Waals surface area contributed by atoms with E-state index in [0.717, 1.165) is 34.9 Å². The van der Waals surface area contributed by atoms with E-state index in [1.165, 1.54) is 0 Å². The summed E-state index contributed by atoms with van der Waals surface area (Å²) in [7, 11) is 5.24. The van der Waals surface area contributed by atoms with Gasteiger partial charge in [-0.15, -0.1) is 0 Å². The molecule has 0 radical (unpaired) electrons. The molecule has 114 valence electrons. The van der Waals surface area contributed by atoms with Crippen molar-refractivity contribution in [3.8, 4) is 11.5 Å². The van der Waals surface area contributed by atoms with Crippen molar-refractivity contribution in [2.45, 2.75) is 25.8 Å². The van der Waals surface area contributed by atoms with Crippen LogP contribution in [-0.2, 0) is 19.9 Å². The fraction of sp³-hybridized carbons (Fsp3) is 0.438. The predicted octanol–water partition coefficient (Wildman–Crippen LogP) is 2.24. The van der Waals surface area contributed by atoms with Gasteiger partial charge in [0.25, 0.3) is 0 Å². The van der Waals surface area contributed by atoms with Gasteiger partial charge in [0.2, 0.25) is 0 Å². The summed E-state index contributed by atoms with van der Waals surface area (Å²) >= 11 is 0. The van der Waals surface area contributed by atoms with E-state index in [-0.39, 0.29) is 6.04 Å². The molecule has 21 heavy (non-hydrogen) atoms. The highest BCUT2D eigenvalue weighted by Gasteiger charge is 2.16. The number of hydrogen-bond acceptors (Lipinski definition) is 4. The molecule has 0 aliphatic heterocycles. The molecular formula is C16H23N3O2. The van der Waals surface area contributed by atoms with Crippen molar-refractivity contribution in [3.63, 3.8) is 0 Å². The molecule has 2 rings (SSSR count). The van der Waals surface area contributed by atoms with Crippen LogP contribution in [0.4, 0.5) is 0 Å². The molecule has 2 aromatic rings. The molecule has 2 N–H and O–H groups in total. The summed E-state index contributed by atoms with van der Waals surface area (Å²) in [6.45, 7) is 2.09. The van der Waals surface area contributed by atoms with E-state index in [0.29, 0.717) is 6.42 Å². The van der Waals surface area contributed by atoms with Gasteiger partial charge in [0.1, 0.15) is 11.5 Å². The van der Waals surface area contributed by atoms with Gasteiger partial charge in [-0.25, -0.2) is 0 Å². The number of hydrogen-bond donors (Lipinski definition) is 1. The van der Waals surface area contributed by atoms with E-state index >= 15 is 0 Å². The number of methoxy groups -OCH3 is 2. The van der Waals surface area contributed by atoms with Crippen LogP contribution >= 0.6 is 0 Å². The fourth-order valence-electron chi connectivity index (χ4n) is 2.40. The Balaban J connectivity index is 2.26. The van der Waals surface area contributed by atoms with Crippen LogP contribution in [0.25, 0.3) is 0 Å². The summed E-state index contributed by atoms with van der Waals surface area (Å²) < 4.78 is 12.6. The number of benzene rings is 1. The Morgan fingerprint density at radius 2 is 2.00 bits per heavy atom. The van der Waals surface area contributed by atoms with Crippen LogP contribution in [0, 0.1) is 0 Å². The Morgan fingerprint density at radius 1 is 1.24 bits per heavy atom. The van der Waals surface area contributed by atoms with E-state index in [9.17, 15) is 0 Å². The van der Waals surface area contributed by atoms with Crippen LogP contribution in [-0.4, -0.2) is 24.0 Å². The molecule has 1 unspecified atom stereocenters. The van der Waals surface area contributed by atoms with Crippen LogP contribution in [0.3, 0.4) is 0 Å². The van der Waals surface area contributed by atoms with Crippen LogP contribution in [0.15, 0.2) is 24.3 Å². The van der Waals surface area contributed by atoms with E-state index in [4.69, 9.17) is 15.2 Å². The molecule has 1 aromatic heterocycles. The summed E-state index contributed by atoms with van der Waals surface area (Å²) in [6, 6.07) is 7.62. The average molecular weight is 289 g/mol. The summed E-state index contributed by atoms with van der Waals surface area (Å²) in [4.78, 5) is 0. The summed E-state index contributed by atoms with van der Waals surface area (Å²) in [6.07, 6.45) is 1.62. The first kappa shape index (κ1) is 15.4. The van der Waals surface area contributed by atoms with Crippen molar-refractivity contribution < 1.29 is 9.47 Å². The molecule has 0 aliphatic carbocycles. The molecule has 0 saturated heterocycles. The SMILES string of the molecule is CCc1cc(CC(N)c2cc(OC)ccc2OC)n(C)n1. The molecule has 1 atom stereocenters. The Hall–Kier alpha value is -2.01. The lowest BCUT2D eigenvalue weighted by Gasteiger charge is -2.17. The third-order valence-corrected chi connectivity index (χ3v) is 3.65. The number of aryl methyl sites for hydroxylation is 2. The zero-order valence-corrected chi connectivity index (χ0v) is 13.1. The summed E-state index contributed by atoms with van der Waals surface area (Å²) in [5.41, 5.74) is 9.51. The lowest BCUT2D eigenvalue weighted by Crippen LogP contribution is -2.16. The zero-order valence-electron chi connectivity index (χ0n) is 13.1. The second kappa shape index (κ2) is 6.63. The Kier molecular flexibility index (Phi) is 4.85. The molecule has 0 fully saturated rings. The third kappa shape index (κ3) is 3.36. The first-order valence-corrected chi connectivity index (χ1v) is 7.08. The molecule has 1 aromatic carbocycles. The van der Waals surface area contributed by atoms with Gasteiger partial charge < -0.3 is 15.2 Å². The monoisotopic (exact) mass is 289 g/mol. The van der Waals surface area contributed by atoms with Crippen LogP contribution in [0.5, 0.6) is 11.5 Å². The molecular weight excluding hydrogens is 266 g/mol. The summed E-state index contributed by atoms with van der Waals surface area (Å²) in [5.74, 6) is 1.56. The van der Waals surface area contributed by atoms with Gasteiger partial charge in [-0.2, -0.15) is 5.10 Å². The van der Waals surface area contributed by atoms with E-state index in [1.807, 2.05) is 29.9 Å². The van der Waals surface area contributed by atoms with Crippen molar-refractivity contribution >= 4 is 0 Å². The number of nitrogens with zero attached hydrogens (tertiary/aromatic N) is 2. The maximum atomic E-state index is 6.37. The lowest BCUT2D eigenvalue weighted by molar-refractivity contribution is 0.394. The average Bonchev–Trinajstić information content (AvgIpc) is 2.86. The zero-order chi connectivity index (χ0) is 15.4. The quantitative estimate of drug-likeness (QED) is 0.886. The molecule has 1 heterocycles. The van der Waals surface area contributed by atoms with E-state index in [1.54, 1.807) is 14.2 Å². The molecule has 5 heteroatoms. The van der Waals surface area contributed by atoms with Crippen LogP contribution in [0.1, 0.15) is 29.9 Å². The molecule has 0 bridgehead atoms. The summed E-state index contributed by atoms with van der Waals surface area (Å²) in [5, 5.41) is 4.46. The standard InChI is InChI=1S/C16H23N3O2/c1-5-11-8-12(19(2)18-11)9-15(17)14-10-13(20-3)6-7-16(14)21-4/h6-8,10,15H,5,9,17H2,1-4H3. The topological polar surface area (TPSA) is 62.3 Å². The smallest absolute Gasteiger partial charge is 0.123 e. The third-order valence-electron chi connectivity index (χ3n) is 3.65. The normalized spacial score (nSPS) is 12.2. The van der Waals surface area contributed by atoms with Gasteiger partial charge in [0, 0.05) is 30.8 Å². The molecule has 5 nitrogen and oxygen atoms in total. The molecule has 0 amide bonds. The lowest BCUT2D eigenvalue weighted by atomic mass is 10.0. The Labute approximate surface area is 125 Å². The van der Waals surface area contributed by atoms with Crippen LogP contribution < -0.4 is 15.2 Å². The molecule has 0 aliphatic rings. The maximum absolute atomic E-state index is 6.37. The highest BCUT2D eigenvalue weighted by Crippen LogP contribution is 2.30. The number of aromatic nitrogens is 2. The van der Waals surface area contributed by atoms with Crippen molar-refractivity contribution in [1.82, 2.24) is 9.78 Å². The highest BCUT2D eigenvalue weighted by atomic mass is 16.5. The second-order valence-corrected chi connectivity index (χ2v) is 5.02. The largest absolute Gasteiger partial charge is 0.497 e. The minimum absolute atomic E-state index is 0.171. The minimum atomic E-state index is -0.171. The molecule has 0 spiro atoms. The van der Waals surface area contributed by atoms with Crippen molar-refractivity contribution in [3.05, 3.63) is 41.2 Å². The fourth-order valence-corrected chi connectivity index (χ4v) is 2.40. The first-order valence-electron chi connectivity index (χ1n) is 7.08. The van der Waals surface area contributed by atoms with Gasteiger partial charge in [0.15, 0.2) is 0 Å². The second-order valence-electron chi connectivity index (χ2n) is 5.02. The number of rotatable bonds is 6. The van der Waals surface area contributed by atoms with Gasteiger partial charge in [-0.1, -0.05) is 6.92 Å². The Morgan fingerprint density at radius 3 is 2.57 bits per heavy atom. The first-order chi connectivity index (χ1) is 10.1.